The van der Waals surface area contributed by atoms with E-state index in [2.05, 4.69) is 17.1 Å². The summed E-state index contributed by atoms with van der Waals surface area (Å²) in [6, 6.07) is 3.09. The van der Waals surface area contributed by atoms with Crippen LogP contribution >= 0.6 is 11.6 Å². The molecule has 0 heterocycles. The number of hydrogen-bond acceptors (Lipinski definition) is 3. The highest BCUT2D eigenvalue weighted by molar-refractivity contribution is 6.31. The average Bonchev–Trinajstić information content (AvgIpc) is 2.20. The molecule has 0 spiro atoms. The van der Waals surface area contributed by atoms with E-state index in [0.717, 1.165) is 6.54 Å². The van der Waals surface area contributed by atoms with Crippen LogP contribution in [0.5, 0.6) is 0 Å². The van der Waals surface area contributed by atoms with Crippen LogP contribution in [0.3, 0.4) is 0 Å². The number of nitrogens with zero attached hydrogens (tertiary/aromatic N) is 1. The number of benzene rings is 1. The Morgan fingerprint density at radius 3 is 2.69 bits per heavy atom. The molecule has 0 saturated carbocycles. The van der Waals surface area contributed by atoms with Gasteiger partial charge in [-0.25, -0.2) is 4.39 Å². The van der Waals surface area contributed by atoms with Gasteiger partial charge < -0.3 is 16.0 Å². The van der Waals surface area contributed by atoms with Crippen molar-refractivity contribution in [3.05, 3.63) is 23.0 Å². The van der Waals surface area contributed by atoms with Gasteiger partial charge in [0.15, 0.2) is 0 Å². The standard InChI is InChI=1S/C11H17ClFN3/c1-7(16(2)3)6-15-11-4-8(12)9(13)5-10(11)14/h4-5,7,15H,6,14H2,1-3H3. The van der Waals surface area contributed by atoms with E-state index in [-0.39, 0.29) is 5.02 Å². The third-order valence-electron chi connectivity index (χ3n) is 2.56. The molecule has 0 aromatic heterocycles. The molecule has 0 radical (unpaired) electrons. The highest BCUT2D eigenvalue weighted by atomic mass is 35.5. The van der Waals surface area contributed by atoms with Crippen LogP contribution in [0.4, 0.5) is 15.8 Å². The minimum absolute atomic E-state index is 0.0780. The fraction of sp³-hybridized carbons (Fsp3) is 0.455. The van der Waals surface area contributed by atoms with Gasteiger partial charge in [-0.05, 0) is 27.1 Å². The largest absolute Gasteiger partial charge is 0.397 e. The first-order valence-electron chi connectivity index (χ1n) is 5.06. The summed E-state index contributed by atoms with van der Waals surface area (Å²) in [5, 5.41) is 3.22. The summed E-state index contributed by atoms with van der Waals surface area (Å²) >= 11 is 5.68. The summed E-state index contributed by atoms with van der Waals surface area (Å²) in [6.07, 6.45) is 0. The minimum atomic E-state index is -0.495. The molecule has 1 rings (SSSR count). The van der Waals surface area contributed by atoms with Crippen molar-refractivity contribution in [2.24, 2.45) is 0 Å². The van der Waals surface area contributed by atoms with Gasteiger partial charge in [-0.15, -0.1) is 0 Å². The number of nitrogens with two attached hydrogens (primary N) is 1. The van der Waals surface area contributed by atoms with Crippen molar-refractivity contribution in [2.45, 2.75) is 13.0 Å². The van der Waals surface area contributed by atoms with Crippen molar-refractivity contribution in [2.75, 3.05) is 31.7 Å². The molecule has 16 heavy (non-hydrogen) atoms. The van der Waals surface area contributed by atoms with Crippen LogP contribution in [0.2, 0.25) is 5.02 Å². The molecule has 1 aromatic carbocycles. The molecule has 0 amide bonds. The number of anilines is 2. The Balaban J connectivity index is 2.71. The number of likely N-dealkylation sites (N-methyl/N-ethyl adjacent to an activating group) is 1. The minimum Gasteiger partial charge on any atom is -0.397 e. The molecule has 1 atom stereocenters. The number of hydrogen-bond donors (Lipinski definition) is 2. The normalized spacial score (nSPS) is 12.9. The van der Waals surface area contributed by atoms with Crippen molar-refractivity contribution in [3.63, 3.8) is 0 Å². The highest BCUT2D eigenvalue weighted by Gasteiger charge is 2.08. The first-order chi connectivity index (χ1) is 7.41. The quantitative estimate of drug-likeness (QED) is 0.801. The van der Waals surface area contributed by atoms with E-state index < -0.39 is 5.82 Å². The lowest BCUT2D eigenvalue weighted by atomic mass is 10.2. The maximum atomic E-state index is 13.0. The fourth-order valence-electron chi connectivity index (χ4n) is 1.16. The topological polar surface area (TPSA) is 41.3 Å². The Hall–Kier alpha value is -1.00. The Morgan fingerprint density at radius 1 is 1.50 bits per heavy atom. The fourth-order valence-corrected chi connectivity index (χ4v) is 1.32. The molecule has 0 aliphatic carbocycles. The third-order valence-corrected chi connectivity index (χ3v) is 2.85. The summed E-state index contributed by atoms with van der Waals surface area (Å²) in [4.78, 5) is 2.08. The lowest BCUT2D eigenvalue weighted by molar-refractivity contribution is 0.326. The van der Waals surface area contributed by atoms with Gasteiger partial charge in [-0.1, -0.05) is 11.6 Å². The third kappa shape index (κ3) is 3.25. The van der Waals surface area contributed by atoms with Gasteiger partial charge in [0.2, 0.25) is 0 Å². The molecule has 0 saturated heterocycles. The Labute approximate surface area is 100 Å². The van der Waals surface area contributed by atoms with Crippen LogP contribution in [0, 0.1) is 5.82 Å². The molecular weight excluding hydrogens is 229 g/mol. The summed E-state index contributed by atoms with van der Waals surface area (Å²) in [7, 11) is 3.99. The van der Waals surface area contributed by atoms with Crippen molar-refractivity contribution in [3.8, 4) is 0 Å². The van der Waals surface area contributed by atoms with E-state index in [0.29, 0.717) is 17.4 Å². The summed E-state index contributed by atoms with van der Waals surface area (Å²) < 4.78 is 13.0. The number of halogens is 2. The van der Waals surface area contributed by atoms with Gasteiger partial charge in [0.1, 0.15) is 5.82 Å². The molecule has 0 aliphatic rings. The molecular formula is C11H17ClFN3. The van der Waals surface area contributed by atoms with E-state index in [1.807, 2.05) is 14.1 Å². The summed E-state index contributed by atoms with van der Waals surface area (Å²) in [5.41, 5.74) is 6.71. The van der Waals surface area contributed by atoms with Gasteiger partial charge in [-0.3, -0.25) is 0 Å². The monoisotopic (exact) mass is 245 g/mol. The molecule has 3 N–H and O–H groups in total. The van der Waals surface area contributed by atoms with Crippen LogP contribution in [0.15, 0.2) is 12.1 Å². The highest BCUT2D eigenvalue weighted by Crippen LogP contribution is 2.26. The summed E-state index contributed by atoms with van der Waals surface area (Å²) in [6.45, 7) is 2.80. The molecule has 1 aromatic rings. The van der Waals surface area contributed by atoms with Crippen molar-refractivity contribution < 1.29 is 4.39 Å². The number of rotatable bonds is 4. The Kier molecular flexibility index (Phi) is 4.38. The van der Waals surface area contributed by atoms with Gasteiger partial charge in [0.05, 0.1) is 16.4 Å². The second-order valence-corrected chi connectivity index (χ2v) is 4.45. The van der Waals surface area contributed by atoms with E-state index in [1.165, 1.54) is 12.1 Å². The zero-order valence-corrected chi connectivity index (χ0v) is 10.5. The van der Waals surface area contributed by atoms with Crippen molar-refractivity contribution >= 4 is 23.0 Å². The van der Waals surface area contributed by atoms with Gasteiger partial charge in [0.25, 0.3) is 0 Å². The Bertz CT molecular complexity index is 368. The molecule has 5 heteroatoms. The van der Waals surface area contributed by atoms with Crippen LogP contribution in [0.1, 0.15) is 6.92 Å². The van der Waals surface area contributed by atoms with Crippen LogP contribution in [-0.2, 0) is 0 Å². The lowest BCUT2D eigenvalue weighted by Gasteiger charge is -2.21. The SMILES string of the molecule is CC(CNc1cc(Cl)c(F)cc1N)N(C)C. The zero-order valence-electron chi connectivity index (χ0n) is 9.72. The van der Waals surface area contributed by atoms with Crippen LogP contribution in [-0.4, -0.2) is 31.6 Å². The van der Waals surface area contributed by atoms with Crippen molar-refractivity contribution in [1.82, 2.24) is 4.90 Å². The van der Waals surface area contributed by atoms with E-state index in [9.17, 15) is 4.39 Å². The lowest BCUT2D eigenvalue weighted by Crippen LogP contribution is -2.31. The maximum absolute atomic E-state index is 13.0. The van der Waals surface area contributed by atoms with E-state index >= 15 is 0 Å². The second kappa shape index (κ2) is 5.37. The predicted octanol–water partition coefficient (Wildman–Crippen LogP) is 2.42. The zero-order chi connectivity index (χ0) is 12.3. The molecule has 0 bridgehead atoms. The molecule has 0 fully saturated rings. The predicted molar refractivity (Wildman–Crippen MR) is 67.5 cm³/mol. The van der Waals surface area contributed by atoms with E-state index in [4.69, 9.17) is 17.3 Å². The van der Waals surface area contributed by atoms with Gasteiger partial charge >= 0.3 is 0 Å². The maximum Gasteiger partial charge on any atom is 0.143 e. The number of nitrogen functional groups attached to an aromatic ring is 1. The van der Waals surface area contributed by atoms with Crippen LogP contribution in [0.25, 0.3) is 0 Å². The Morgan fingerprint density at radius 2 is 2.12 bits per heavy atom. The molecule has 0 aliphatic heterocycles. The first kappa shape index (κ1) is 13.1. The van der Waals surface area contributed by atoms with Crippen molar-refractivity contribution in [1.29, 1.82) is 0 Å². The van der Waals surface area contributed by atoms with E-state index in [1.54, 1.807) is 0 Å². The smallest absolute Gasteiger partial charge is 0.143 e. The first-order valence-corrected chi connectivity index (χ1v) is 5.44. The van der Waals surface area contributed by atoms with Gasteiger partial charge in [0, 0.05) is 18.7 Å². The van der Waals surface area contributed by atoms with Gasteiger partial charge in [-0.2, -0.15) is 0 Å². The average molecular weight is 246 g/mol. The molecule has 1 unspecified atom stereocenters. The summed E-state index contributed by atoms with van der Waals surface area (Å²) in [5.74, 6) is -0.495. The van der Waals surface area contributed by atoms with Crippen LogP contribution < -0.4 is 11.1 Å². The number of nitrogens with one attached hydrogen (secondary N) is 1. The molecule has 90 valence electrons. The second-order valence-electron chi connectivity index (χ2n) is 4.05. The molecule has 3 nitrogen and oxygen atoms in total.